The molecule has 0 unspecified atom stereocenters. The van der Waals surface area contributed by atoms with Gasteiger partial charge in [-0.1, -0.05) is 0 Å². The summed E-state index contributed by atoms with van der Waals surface area (Å²) in [5.74, 6) is 5.06. The summed E-state index contributed by atoms with van der Waals surface area (Å²) in [6.45, 7) is 0.798. The third-order valence-electron chi connectivity index (χ3n) is 3.30. The van der Waals surface area contributed by atoms with Crippen molar-refractivity contribution < 1.29 is 13.2 Å². The number of nitrogens with zero attached hydrogens (tertiary/aromatic N) is 2. The highest BCUT2D eigenvalue weighted by atomic mass is 32.2. The van der Waals surface area contributed by atoms with Crippen molar-refractivity contribution in [1.82, 2.24) is 9.21 Å². The Morgan fingerprint density at radius 2 is 1.85 bits per heavy atom. The number of amides is 1. The Balaban J connectivity index is 2.26. The van der Waals surface area contributed by atoms with Crippen LogP contribution in [0.5, 0.6) is 0 Å². The molecule has 0 radical (unpaired) electrons. The monoisotopic (exact) mass is 298 g/mol. The van der Waals surface area contributed by atoms with E-state index in [1.165, 1.54) is 16.4 Å². The molecule has 1 aromatic carbocycles. The molecule has 2 rings (SSSR count). The molecule has 7 nitrogen and oxygen atoms in total. The Morgan fingerprint density at radius 3 is 2.45 bits per heavy atom. The van der Waals surface area contributed by atoms with Gasteiger partial charge < -0.3 is 10.3 Å². The van der Waals surface area contributed by atoms with E-state index in [9.17, 15) is 13.2 Å². The van der Waals surface area contributed by atoms with Gasteiger partial charge in [-0.25, -0.2) is 8.42 Å². The van der Waals surface area contributed by atoms with Crippen LogP contribution < -0.4 is 11.3 Å². The first-order chi connectivity index (χ1) is 9.45. The summed E-state index contributed by atoms with van der Waals surface area (Å²) in [5.41, 5.74) is 3.06. The summed E-state index contributed by atoms with van der Waals surface area (Å²) in [4.78, 5) is 13.5. The molecule has 1 aromatic rings. The summed E-state index contributed by atoms with van der Waals surface area (Å²) in [5, 5.41) is 0. The maximum absolute atomic E-state index is 12.5. The molecule has 0 spiro atoms. The van der Waals surface area contributed by atoms with Crippen LogP contribution in [-0.2, 0) is 14.8 Å². The number of carbonyl (C=O) groups excluding carboxylic acids is 1. The van der Waals surface area contributed by atoms with Crippen LogP contribution >= 0.6 is 0 Å². The third kappa shape index (κ3) is 2.92. The molecule has 0 saturated carbocycles. The normalized spacial score (nSPS) is 17.9. The van der Waals surface area contributed by atoms with Crippen molar-refractivity contribution in [3.05, 3.63) is 24.3 Å². The van der Waals surface area contributed by atoms with Gasteiger partial charge in [-0.05, 0) is 30.7 Å². The average Bonchev–Trinajstić information content (AvgIpc) is 2.61. The molecule has 0 bridgehead atoms. The van der Waals surface area contributed by atoms with Gasteiger partial charge in [0.05, 0.1) is 11.4 Å². The smallest absolute Gasteiger partial charge is 0.243 e. The molecule has 0 aromatic heterocycles. The number of rotatable bonds is 3. The van der Waals surface area contributed by atoms with Gasteiger partial charge in [0.15, 0.2) is 0 Å². The van der Waals surface area contributed by atoms with E-state index >= 15 is 0 Å². The average molecular weight is 298 g/mol. The fourth-order valence-corrected chi connectivity index (χ4v) is 3.46. The number of anilines is 1. The van der Waals surface area contributed by atoms with Crippen LogP contribution in [0.4, 0.5) is 5.69 Å². The largest absolute Gasteiger partial charge is 0.345 e. The number of carbonyl (C=O) groups is 1. The fraction of sp³-hybridized carbons (Fsp3) is 0.417. The van der Waals surface area contributed by atoms with Crippen molar-refractivity contribution in [3.8, 4) is 0 Å². The molecule has 1 aliphatic heterocycles. The van der Waals surface area contributed by atoms with Crippen LogP contribution in [0, 0.1) is 0 Å². The summed E-state index contributed by atoms with van der Waals surface area (Å²) < 4.78 is 26.2. The summed E-state index contributed by atoms with van der Waals surface area (Å²) in [7, 11) is -1.97. The molecule has 1 amide bonds. The molecule has 0 atom stereocenters. The molecule has 1 heterocycles. The molecule has 0 aliphatic carbocycles. The van der Waals surface area contributed by atoms with E-state index in [0.29, 0.717) is 25.2 Å². The number of nitrogens with one attached hydrogen (secondary N) is 1. The first kappa shape index (κ1) is 14.8. The Morgan fingerprint density at radius 1 is 1.20 bits per heavy atom. The Kier molecular flexibility index (Phi) is 4.26. The lowest BCUT2D eigenvalue weighted by Crippen LogP contribution is -2.38. The number of hydrogen-bond donors (Lipinski definition) is 2. The Hall–Kier alpha value is -1.64. The quantitative estimate of drug-likeness (QED) is 0.596. The number of sulfonamides is 1. The highest BCUT2D eigenvalue weighted by Gasteiger charge is 2.29. The number of nitrogens with two attached hydrogens (primary N) is 1. The van der Waals surface area contributed by atoms with E-state index in [1.54, 1.807) is 24.1 Å². The molecule has 8 heteroatoms. The van der Waals surface area contributed by atoms with Gasteiger partial charge >= 0.3 is 0 Å². The zero-order valence-electron chi connectivity index (χ0n) is 11.2. The lowest BCUT2D eigenvalue weighted by atomic mass is 10.3. The van der Waals surface area contributed by atoms with Crippen molar-refractivity contribution in [1.29, 1.82) is 0 Å². The van der Waals surface area contributed by atoms with Crippen LogP contribution in [0.25, 0.3) is 0 Å². The number of nitrogen functional groups attached to an aromatic ring is 1. The minimum atomic E-state index is -3.65. The minimum absolute atomic E-state index is 0.115. The van der Waals surface area contributed by atoms with Crippen molar-refractivity contribution in [2.24, 2.45) is 5.84 Å². The van der Waals surface area contributed by atoms with Crippen molar-refractivity contribution >= 4 is 21.6 Å². The van der Waals surface area contributed by atoms with Crippen molar-refractivity contribution in [2.45, 2.75) is 11.3 Å². The zero-order chi connectivity index (χ0) is 14.8. The second kappa shape index (κ2) is 5.78. The third-order valence-corrected chi connectivity index (χ3v) is 5.16. The van der Waals surface area contributed by atoms with Gasteiger partial charge in [0.1, 0.15) is 0 Å². The van der Waals surface area contributed by atoms with Crippen LogP contribution in [-0.4, -0.2) is 50.2 Å². The second-order valence-corrected chi connectivity index (χ2v) is 6.61. The van der Waals surface area contributed by atoms with Gasteiger partial charge in [-0.2, -0.15) is 4.31 Å². The molecular weight excluding hydrogens is 280 g/mol. The number of likely N-dealkylation sites (N-methyl/N-ethyl adjacent to an activating group) is 1. The summed E-state index contributed by atoms with van der Waals surface area (Å²) >= 11 is 0. The Labute approximate surface area is 118 Å². The number of hydrogen-bond acceptors (Lipinski definition) is 5. The van der Waals surface area contributed by atoms with Crippen LogP contribution in [0.3, 0.4) is 0 Å². The topological polar surface area (TPSA) is 95.7 Å². The highest BCUT2D eigenvalue weighted by Crippen LogP contribution is 2.19. The summed E-state index contributed by atoms with van der Waals surface area (Å²) in [6, 6.07) is 6.12. The van der Waals surface area contributed by atoms with E-state index in [4.69, 9.17) is 5.84 Å². The van der Waals surface area contributed by atoms with Gasteiger partial charge in [0, 0.05) is 25.8 Å². The molecule has 1 saturated heterocycles. The first-order valence-electron chi connectivity index (χ1n) is 6.26. The minimum Gasteiger partial charge on any atom is -0.345 e. The van der Waals surface area contributed by atoms with Gasteiger partial charge in [-0.3, -0.25) is 10.6 Å². The molecular formula is C12H18N4O3S. The number of hydrazine groups is 1. The maximum atomic E-state index is 12.5. The predicted octanol–water partition coefficient (Wildman–Crippen LogP) is -0.175. The fourth-order valence-electron chi connectivity index (χ4n) is 2.04. The lowest BCUT2D eigenvalue weighted by Gasteiger charge is -2.19. The van der Waals surface area contributed by atoms with E-state index < -0.39 is 10.0 Å². The lowest BCUT2D eigenvalue weighted by molar-refractivity contribution is -0.129. The van der Waals surface area contributed by atoms with E-state index in [1.807, 2.05) is 0 Å². The molecule has 20 heavy (non-hydrogen) atoms. The predicted molar refractivity (Wildman–Crippen MR) is 75.3 cm³/mol. The van der Waals surface area contributed by atoms with Crippen molar-refractivity contribution in [2.75, 3.05) is 32.1 Å². The van der Waals surface area contributed by atoms with E-state index in [2.05, 4.69) is 5.43 Å². The molecule has 1 aliphatic rings. The molecule has 3 N–H and O–H groups in total. The van der Waals surface area contributed by atoms with Gasteiger partial charge in [-0.15, -0.1) is 0 Å². The van der Waals surface area contributed by atoms with Crippen LogP contribution in [0.15, 0.2) is 29.2 Å². The van der Waals surface area contributed by atoms with Gasteiger partial charge in [0.2, 0.25) is 15.9 Å². The first-order valence-corrected chi connectivity index (χ1v) is 7.70. The van der Waals surface area contributed by atoms with Crippen LogP contribution in [0.2, 0.25) is 0 Å². The summed E-state index contributed by atoms with van der Waals surface area (Å²) in [6.07, 6.45) is 0.629. The van der Waals surface area contributed by atoms with Crippen LogP contribution in [0.1, 0.15) is 6.42 Å². The highest BCUT2D eigenvalue weighted by molar-refractivity contribution is 7.89. The zero-order valence-corrected chi connectivity index (χ0v) is 12.1. The van der Waals surface area contributed by atoms with Crippen molar-refractivity contribution in [3.63, 3.8) is 0 Å². The SMILES string of the molecule is CN1CCCN(S(=O)(=O)c2ccc(NN)cc2)CC1=O. The second-order valence-electron chi connectivity index (χ2n) is 4.68. The maximum Gasteiger partial charge on any atom is 0.243 e. The van der Waals surface area contributed by atoms with E-state index in [-0.39, 0.29) is 17.3 Å². The molecule has 110 valence electrons. The Bertz CT molecular complexity index is 585. The number of benzene rings is 1. The van der Waals surface area contributed by atoms with E-state index in [0.717, 1.165) is 0 Å². The standard InChI is InChI=1S/C12H18N4O3S/c1-15-7-2-8-16(9-12(15)17)20(18,19)11-5-3-10(14-13)4-6-11/h3-6,14H,2,7-9,13H2,1H3. The van der Waals surface area contributed by atoms with Gasteiger partial charge in [0.25, 0.3) is 0 Å². The molecule has 1 fully saturated rings.